The fourth-order valence-corrected chi connectivity index (χ4v) is 1.80. The first-order chi connectivity index (χ1) is 8.34. The average molecular weight is 228 g/mol. The lowest BCUT2D eigenvalue weighted by atomic mass is 10.3. The Morgan fingerprint density at radius 2 is 2.29 bits per heavy atom. The molecule has 1 N–H and O–H groups in total. The standard InChI is InChI=1S/C12H12N4O/c1-16-5-4-10-11(14-8-15-12(10)16)13-7-9-3-2-6-17-9/h2-6,8H,7H2,1H3,(H,13,14,15). The van der Waals surface area contributed by atoms with Gasteiger partial charge in [-0.05, 0) is 18.2 Å². The predicted molar refractivity (Wildman–Crippen MR) is 64.5 cm³/mol. The van der Waals surface area contributed by atoms with Crippen molar-refractivity contribution in [3.8, 4) is 0 Å². The third-order valence-corrected chi connectivity index (χ3v) is 2.67. The third kappa shape index (κ3) is 1.75. The first-order valence-corrected chi connectivity index (χ1v) is 5.37. The van der Waals surface area contributed by atoms with Gasteiger partial charge in [-0.3, -0.25) is 0 Å². The maximum atomic E-state index is 5.26. The number of hydrogen-bond donors (Lipinski definition) is 1. The number of anilines is 1. The summed E-state index contributed by atoms with van der Waals surface area (Å²) in [7, 11) is 1.96. The highest BCUT2D eigenvalue weighted by Crippen LogP contribution is 2.19. The van der Waals surface area contributed by atoms with E-state index in [-0.39, 0.29) is 0 Å². The maximum Gasteiger partial charge on any atom is 0.145 e. The molecule has 3 heterocycles. The second-order valence-electron chi connectivity index (χ2n) is 3.82. The number of furan rings is 1. The molecular weight excluding hydrogens is 216 g/mol. The fraction of sp³-hybridized carbons (Fsp3) is 0.167. The lowest BCUT2D eigenvalue weighted by molar-refractivity contribution is 0.518. The molecule has 0 aliphatic heterocycles. The molecule has 3 aromatic heterocycles. The van der Waals surface area contributed by atoms with Gasteiger partial charge in [-0.1, -0.05) is 0 Å². The minimum Gasteiger partial charge on any atom is -0.467 e. The second-order valence-corrected chi connectivity index (χ2v) is 3.82. The van der Waals surface area contributed by atoms with E-state index in [0.717, 1.165) is 22.6 Å². The zero-order chi connectivity index (χ0) is 11.7. The Hall–Kier alpha value is -2.30. The molecule has 5 heteroatoms. The highest BCUT2D eigenvalue weighted by molar-refractivity contribution is 5.87. The van der Waals surface area contributed by atoms with Crippen LogP contribution in [0.15, 0.2) is 41.4 Å². The van der Waals surface area contributed by atoms with Crippen molar-refractivity contribution < 1.29 is 4.42 Å². The normalized spacial score (nSPS) is 10.9. The van der Waals surface area contributed by atoms with Crippen LogP contribution in [-0.4, -0.2) is 14.5 Å². The van der Waals surface area contributed by atoms with E-state index in [4.69, 9.17) is 4.42 Å². The van der Waals surface area contributed by atoms with Crippen LogP contribution >= 0.6 is 0 Å². The summed E-state index contributed by atoms with van der Waals surface area (Å²) in [6.45, 7) is 0.619. The van der Waals surface area contributed by atoms with Gasteiger partial charge in [0, 0.05) is 13.2 Å². The Balaban J connectivity index is 1.90. The summed E-state index contributed by atoms with van der Waals surface area (Å²) in [5.74, 6) is 1.71. The largest absolute Gasteiger partial charge is 0.467 e. The molecule has 5 nitrogen and oxygen atoms in total. The Morgan fingerprint density at radius 3 is 3.12 bits per heavy atom. The maximum absolute atomic E-state index is 5.26. The molecule has 17 heavy (non-hydrogen) atoms. The zero-order valence-corrected chi connectivity index (χ0v) is 9.42. The highest BCUT2D eigenvalue weighted by Gasteiger charge is 2.06. The number of rotatable bonds is 3. The van der Waals surface area contributed by atoms with Gasteiger partial charge >= 0.3 is 0 Å². The Morgan fingerprint density at radius 1 is 1.35 bits per heavy atom. The van der Waals surface area contributed by atoms with E-state index in [0.29, 0.717) is 6.54 Å². The number of nitrogens with zero attached hydrogens (tertiary/aromatic N) is 3. The van der Waals surface area contributed by atoms with Crippen LogP contribution in [0.1, 0.15) is 5.76 Å². The van der Waals surface area contributed by atoms with Crippen LogP contribution in [0, 0.1) is 0 Å². The second kappa shape index (κ2) is 3.93. The molecular formula is C12H12N4O. The number of fused-ring (bicyclic) bond motifs is 1. The van der Waals surface area contributed by atoms with E-state index < -0.39 is 0 Å². The summed E-state index contributed by atoms with van der Waals surface area (Å²) in [6, 6.07) is 5.80. The summed E-state index contributed by atoms with van der Waals surface area (Å²) in [5, 5.41) is 4.26. The minimum absolute atomic E-state index is 0.619. The van der Waals surface area contributed by atoms with Crippen LogP contribution < -0.4 is 5.32 Å². The van der Waals surface area contributed by atoms with Gasteiger partial charge in [0.05, 0.1) is 18.2 Å². The summed E-state index contributed by atoms with van der Waals surface area (Å²) in [6.07, 6.45) is 5.19. The molecule has 0 aliphatic carbocycles. The van der Waals surface area contributed by atoms with Crippen molar-refractivity contribution >= 4 is 16.9 Å². The van der Waals surface area contributed by atoms with Crippen molar-refractivity contribution in [3.05, 3.63) is 42.7 Å². The molecule has 0 fully saturated rings. The highest BCUT2D eigenvalue weighted by atomic mass is 16.3. The van der Waals surface area contributed by atoms with Gasteiger partial charge in [-0.25, -0.2) is 9.97 Å². The predicted octanol–water partition coefficient (Wildman–Crippen LogP) is 2.17. The van der Waals surface area contributed by atoms with Crippen LogP contribution in [0.2, 0.25) is 0 Å². The van der Waals surface area contributed by atoms with Crippen LogP contribution in [0.25, 0.3) is 11.0 Å². The summed E-state index contributed by atoms with van der Waals surface area (Å²) < 4.78 is 7.23. The molecule has 0 saturated heterocycles. The van der Waals surface area contributed by atoms with E-state index in [1.165, 1.54) is 0 Å². The van der Waals surface area contributed by atoms with E-state index in [1.807, 2.05) is 36.0 Å². The summed E-state index contributed by atoms with van der Waals surface area (Å²) in [5.41, 5.74) is 0.918. The molecule has 3 aromatic rings. The lowest BCUT2D eigenvalue weighted by Gasteiger charge is -2.04. The first-order valence-electron chi connectivity index (χ1n) is 5.37. The van der Waals surface area contributed by atoms with Gasteiger partial charge in [-0.2, -0.15) is 0 Å². The van der Waals surface area contributed by atoms with Gasteiger partial charge in [-0.15, -0.1) is 0 Å². The summed E-state index contributed by atoms with van der Waals surface area (Å²) >= 11 is 0. The molecule has 0 unspecified atom stereocenters. The van der Waals surface area contributed by atoms with E-state index >= 15 is 0 Å². The molecule has 86 valence electrons. The van der Waals surface area contributed by atoms with Crippen molar-refractivity contribution in [2.75, 3.05) is 5.32 Å². The smallest absolute Gasteiger partial charge is 0.145 e. The van der Waals surface area contributed by atoms with Crippen LogP contribution in [-0.2, 0) is 13.6 Å². The van der Waals surface area contributed by atoms with Crippen molar-refractivity contribution in [1.29, 1.82) is 0 Å². The van der Waals surface area contributed by atoms with Gasteiger partial charge in [0.25, 0.3) is 0 Å². The SMILES string of the molecule is Cn1ccc2c(NCc3ccco3)ncnc21. The van der Waals surface area contributed by atoms with Crippen molar-refractivity contribution in [2.45, 2.75) is 6.54 Å². The first kappa shape index (κ1) is 9.89. The molecule has 0 amide bonds. The molecule has 0 atom stereocenters. The third-order valence-electron chi connectivity index (χ3n) is 2.67. The Kier molecular flexibility index (Phi) is 2.29. The molecule has 0 radical (unpaired) electrons. The van der Waals surface area contributed by atoms with Crippen molar-refractivity contribution in [3.63, 3.8) is 0 Å². The van der Waals surface area contributed by atoms with E-state index in [2.05, 4.69) is 15.3 Å². The van der Waals surface area contributed by atoms with Gasteiger partial charge in [0.2, 0.25) is 0 Å². The minimum atomic E-state index is 0.619. The summed E-state index contributed by atoms with van der Waals surface area (Å²) in [4.78, 5) is 8.48. The zero-order valence-electron chi connectivity index (χ0n) is 9.42. The average Bonchev–Trinajstić information content (AvgIpc) is 2.97. The lowest BCUT2D eigenvalue weighted by Crippen LogP contribution is -2.01. The Labute approximate surface area is 98.1 Å². The van der Waals surface area contributed by atoms with E-state index in [1.54, 1.807) is 12.6 Å². The quantitative estimate of drug-likeness (QED) is 0.746. The van der Waals surface area contributed by atoms with E-state index in [9.17, 15) is 0 Å². The number of aryl methyl sites for hydroxylation is 1. The van der Waals surface area contributed by atoms with Gasteiger partial charge in [0.1, 0.15) is 23.6 Å². The molecule has 0 aliphatic rings. The van der Waals surface area contributed by atoms with Crippen LogP contribution in [0.5, 0.6) is 0 Å². The van der Waals surface area contributed by atoms with Crippen molar-refractivity contribution in [1.82, 2.24) is 14.5 Å². The molecule has 3 rings (SSSR count). The number of nitrogens with one attached hydrogen (secondary N) is 1. The molecule has 0 aromatic carbocycles. The number of aromatic nitrogens is 3. The van der Waals surface area contributed by atoms with Crippen LogP contribution in [0.3, 0.4) is 0 Å². The van der Waals surface area contributed by atoms with Gasteiger partial charge < -0.3 is 14.3 Å². The molecule has 0 saturated carbocycles. The Bertz CT molecular complexity index is 627. The number of hydrogen-bond acceptors (Lipinski definition) is 4. The molecule has 0 spiro atoms. The topological polar surface area (TPSA) is 55.9 Å². The molecule has 0 bridgehead atoms. The van der Waals surface area contributed by atoms with Crippen molar-refractivity contribution in [2.24, 2.45) is 7.05 Å². The fourth-order valence-electron chi connectivity index (χ4n) is 1.80. The van der Waals surface area contributed by atoms with Crippen LogP contribution in [0.4, 0.5) is 5.82 Å². The van der Waals surface area contributed by atoms with Gasteiger partial charge in [0.15, 0.2) is 0 Å². The monoisotopic (exact) mass is 228 g/mol.